The molecule has 0 aromatic heterocycles. The van der Waals surface area contributed by atoms with Crippen molar-refractivity contribution in [2.45, 2.75) is 4.90 Å². The Balaban J connectivity index is 2.70. The predicted molar refractivity (Wildman–Crippen MR) is 72.4 cm³/mol. The molecule has 3 N–H and O–H groups in total. The van der Waals surface area contributed by atoms with Crippen LogP contribution in [0, 0.1) is 0 Å². The highest BCUT2D eigenvalue weighted by molar-refractivity contribution is 7.89. The smallest absolute Gasteiger partial charge is 0.254 e. The van der Waals surface area contributed by atoms with Crippen LogP contribution in [0.15, 0.2) is 41.3 Å². The van der Waals surface area contributed by atoms with Crippen molar-refractivity contribution >= 4 is 26.5 Å². The Hall–Kier alpha value is -1.63. The normalized spacial score (nSPS) is 12.2. The molecule has 0 spiro atoms. The fourth-order valence-corrected chi connectivity index (χ4v) is 3.11. The molecule has 0 amide bonds. The van der Waals surface area contributed by atoms with Gasteiger partial charge in [-0.15, -0.1) is 4.83 Å². The molecular weight excluding hydrogens is 250 g/mol. The molecule has 0 bridgehead atoms. The number of nitrogens with one attached hydrogen (secondary N) is 1. The average molecular weight is 265 g/mol. The summed E-state index contributed by atoms with van der Waals surface area (Å²) in [4.78, 5) is 2.63. The number of hydrogen-bond acceptors (Lipinski definition) is 4. The third kappa shape index (κ3) is 2.31. The summed E-state index contributed by atoms with van der Waals surface area (Å²) < 4.78 is 24.3. The zero-order chi connectivity index (χ0) is 13.3. The van der Waals surface area contributed by atoms with Crippen LogP contribution in [-0.2, 0) is 10.0 Å². The SMILES string of the molecule is CN(C)NS(=O)(=O)c1ccc(N)c2ccccc12. The van der Waals surface area contributed by atoms with Crippen LogP contribution < -0.4 is 10.6 Å². The average Bonchev–Trinajstić information content (AvgIpc) is 2.27. The number of fused-ring (bicyclic) bond motifs is 1. The molecule has 0 unspecified atom stereocenters. The minimum absolute atomic E-state index is 0.223. The van der Waals surface area contributed by atoms with Gasteiger partial charge in [-0.3, -0.25) is 0 Å². The largest absolute Gasteiger partial charge is 0.398 e. The maximum atomic E-state index is 12.2. The molecule has 18 heavy (non-hydrogen) atoms. The monoisotopic (exact) mass is 265 g/mol. The molecule has 2 rings (SSSR count). The zero-order valence-corrected chi connectivity index (χ0v) is 11.0. The van der Waals surface area contributed by atoms with Crippen molar-refractivity contribution in [1.29, 1.82) is 0 Å². The Morgan fingerprint density at radius 2 is 1.67 bits per heavy atom. The highest BCUT2D eigenvalue weighted by Crippen LogP contribution is 2.27. The number of nitrogens with zero attached hydrogens (tertiary/aromatic N) is 1. The molecule has 96 valence electrons. The molecule has 6 heteroatoms. The van der Waals surface area contributed by atoms with Gasteiger partial charge in [-0.1, -0.05) is 24.3 Å². The van der Waals surface area contributed by atoms with E-state index in [1.807, 2.05) is 6.07 Å². The van der Waals surface area contributed by atoms with Crippen molar-refractivity contribution in [3.63, 3.8) is 0 Å². The quantitative estimate of drug-likeness (QED) is 0.645. The van der Waals surface area contributed by atoms with E-state index in [2.05, 4.69) is 4.83 Å². The van der Waals surface area contributed by atoms with Gasteiger partial charge in [0, 0.05) is 30.6 Å². The van der Waals surface area contributed by atoms with Crippen molar-refractivity contribution in [3.8, 4) is 0 Å². The number of nitrogen functional groups attached to an aromatic ring is 1. The third-order valence-electron chi connectivity index (χ3n) is 2.51. The van der Waals surface area contributed by atoms with E-state index < -0.39 is 10.0 Å². The zero-order valence-electron chi connectivity index (χ0n) is 10.2. The van der Waals surface area contributed by atoms with E-state index in [-0.39, 0.29) is 4.90 Å². The van der Waals surface area contributed by atoms with Crippen molar-refractivity contribution in [2.24, 2.45) is 0 Å². The van der Waals surface area contributed by atoms with Gasteiger partial charge in [0.15, 0.2) is 0 Å². The molecule has 0 aliphatic rings. The summed E-state index contributed by atoms with van der Waals surface area (Å²) in [6, 6.07) is 10.3. The fourth-order valence-electron chi connectivity index (χ4n) is 1.82. The topological polar surface area (TPSA) is 75.4 Å². The van der Waals surface area contributed by atoms with E-state index >= 15 is 0 Å². The maximum absolute atomic E-state index is 12.2. The first kappa shape index (κ1) is 12.8. The number of benzene rings is 2. The molecule has 0 heterocycles. The number of nitrogens with two attached hydrogens (primary N) is 1. The van der Waals surface area contributed by atoms with Crippen LogP contribution in [0.3, 0.4) is 0 Å². The van der Waals surface area contributed by atoms with E-state index in [0.717, 1.165) is 5.39 Å². The van der Waals surface area contributed by atoms with Crippen molar-refractivity contribution in [1.82, 2.24) is 9.84 Å². The maximum Gasteiger partial charge on any atom is 0.254 e. The second-order valence-corrected chi connectivity index (χ2v) is 5.82. The first-order valence-corrected chi connectivity index (χ1v) is 6.87. The minimum atomic E-state index is -3.58. The van der Waals surface area contributed by atoms with Crippen LogP contribution in [0.5, 0.6) is 0 Å². The van der Waals surface area contributed by atoms with E-state index in [1.54, 1.807) is 38.4 Å². The molecule has 0 atom stereocenters. The van der Waals surface area contributed by atoms with Gasteiger partial charge in [0.1, 0.15) is 0 Å². The summed E-state index contributed by atoms with van der Waals surface area (Å²) in [5, 5.41) is 2.74. The summed E-state index contributed by atoms with van der Waals surface area (Å²) >= 11 is 0. The van der Waals surface area contributed by atoms with Gasteiger partial charge in [-0.2, -0.15) is 0 Å². The van der Waals surface area contributed by atoms with Crippen molar-refractivity contribution < 1.29 is 8.42 Å². The Bertz CT molecular complexity index is 681. The van der Waals surface area contributed by atoms with Gasteiger partial charge in [0.2, 0.25) is 0 Å². The number of rotatable bonds is 3. The van der Waals surface area contributed by atoms with Crippen LogP contribution >= 0.6 is 0 Å². The molecule has 5 nitrogen and oxygen atoms in total. The second-order valence-electron chi connectivity index (χ2n) is 4.19. The Labute approximate surface area is 106 Å². The third-order valence-corrected chi connectivity index (χ3v) is 4.05. The van der Waals surface area contributed by atoms with Crippen molar-refractivity contribution in [2.75, 3.05) is 19.8 Å². The fraction of sp³-hybridized carbons (Fsp3) is 0.167. The number of hydrazine groups is 1. The van der Waals surface area contributed by atoms with Gasteiger partial charge in [-0.05, 0) is 12.1 Å². The summed E-state index contributed by atoms with van der Waals surface area (Å²) in [5.41, 5.74) is 6.41. The van der Waals surface area contributed by atoms with Crippen LogP contribution in [0.4, 0.5) is 5.69 Å². The molecule has 0 aliphatic carbocycles. The molecule has 0 aliphatic heterocycles. The number of anilines is 1. The minimum Gasteiger partial charge on any atom is -0.398 e. The van der Waals surface area contributed by atoms with Gasteiger partial charge in [0.05, 0.1) is 4.90 Å². The summed E-state index contributed by atoms with van der Waals surface area (Å²) in [5.74, 6) is 0. The number of sulfonamides is 1. The van der Waals surface area contributed by atoms with Crippen LogP contribution in [0.2, 0.25) is 0 Å². The molecule has 2 aromatic rings. The highest BCUT2D eigenvalue weighted by atomic mass is 32.2. The van der Waals surface area contributed by atoms with Gasteiger partial charge >= 0.3 is 0 Å². The lowest BCUT2D eigenvalue weighted by Crippen LogP contribution is -2.36. The Morgan fingerprint density at radius 1 is 1.06 bits per heavy atom. The Kier molecular flexibility index (Phi) is 3.25. The summed E-state index contributed by atoms with van der Waals surface area (Å²) in [6.45, 7) is 0. The lowest BCUT2D eigenvalue weighted by Gasteiger charge is -2.14. The molecular formula is C12H15N3O2S. The van der Waals surface area contributed by atoms with Gasteiger partial charge in [0.25, 0.3) is 10.0 Å². The summed E-state index contributed by atoms with van der Waals surface area (Å²) in [6.07, 6.45) is 0. The van der Waals surface area contributed by atoms with Crippen molar-refractivity contribution in [3.05, 3.63) is 36.4 Å². The van der Waals surface area contributed by atoms with E-state index in [4.69, 9.17) is 5.73 Å². The van der Waals surface area contributed by atoms with E-state index in [9.17, 15) is 8.42 Å². The molecule has 0 radical (unpaired) electrons. The molecule has 0 saturated heterocycles. The van der Waals surface area contributed by atoms with E-state index in [0.29, 0.717) is 11.1 Å². The summed E-state index contributed by atoms with van der Waals surface area (Å²) in [7, 11) is -0.338. The second kappa shape index (κ2) is 4.56. The highest BCUT2D eigenvalue weighted by Gasteiger charge is 2.18. The lowest BCUT2D eigenvalue weighted by atomic mass is 10.1. The number of hydrogen-bond donors (Lipinski definition) is 2. The predicted octanol–water partition coefficient (Wildman–Crippen LogP) is 1.18. The molecule has 0 fully saturated rings. The van der Waals surface area contributed by atoms with Gasteiger partial charge < -0.3 is 5.73 Å². The van der Waals surface area contributed by atoms with Crippen LogP contribution in [-0.4, -0.2) is 27.5 Å². The van der Waals surface area contributed by atoms with Crippen LogP contribution in [0.1, 0.15) is 0 Å². The van der Waals surface area contributed by atoms with Gasteiger partial charge in [-0.25, -0.2) is 13.4 Å². The molecule has 0 saturated carbocycles. The standard InChI is InChI=1S/C12H15N3O2S/c1-15(2)14-18(16,17)12-8-7-11(13)9-5-3-4-6-10(9)12/h3-8,14H,13H2,1-2H3. The first-order valence-electron chi connectivity index (χ1n) is 5.39. The molecule has 2 aromatic carbocycles. The van der Waals surface area contributed by atoms with Crippen LogP contribution in [0.25, 0.3) is 10.8 Å². The lowest BCUT2D eigenvalue weighted by molar-refractivity contribution is 0.364. The first-order chi connectivity index (χ1) is 8.42. The Morgan fingerprint density at radius 3 is 2.28 bits per heavy atom. The van der Waals surface area contributed by atoms with E-state index in [1.165, 1.54) is 11.1 Å².